The van der Waals surface area contributed by atoms with Crippen molar-refractivity contribution >= 4 is 32.6 Å². The number of hydrogen-bond acceptors (Lipinski definition) is 7. The Hall–Kier alpha value is -2.68. The molecule has 4 rings (SSSR count). The van der Waals surface area contributed by atoms with Crippen molar-refractivity contribution in [3.63, 3.8) is 0 Å². The number of rotatable bonds is 9. The van der Waals surface area contributed by atoms with Gasteiger partial charge in [-0.3, -0.25) is 14.6 Å². The largest absolute Gasteiger partial charge is 0.494 e. The highest BCUT2D eigenvalue weighted by atomic mass is 32.1. The minimum Gasteiger partial charge on any atom is -0.494 e. The summed E-state index contributed by atoms with van der Waals surface area (Å²) in [5.41, 5.74) is 1.48. The van der Waals surface area contributed by atoms with Gasteiger partial charge in [-0.1, -0.05) is 11.3 Å². The van der Waals surface area contributed by atoms with Gasteiger partial charge in [0, 0.05) is 31.7 Å². The van der Waals surface area contributed by atoms with Gasteiger partial charge in [0.15, 0.2) is 5.13 Å². The summed E-state index contributed by atoms with van der Waals surface area (Å²) in [5.74, 6) is 1.51. The van der Waals surface area contributed by atoms with Gasteiger partial charge in [-0.2, -0.15) is 0 Å². The number of ether oxygens (including phenoxy) is 3. The highest BCUT2D eigenvalue weighted by molar-refractivity contribution is 7.22. The quantitative estimate of drug-likeness (QED) is 0.485. The Balaban J connectivity index is 1.60. The molecule has 2 aromatic carbocycles. The molecule has 7 nitrogen and oxygen atoms in total. The second-order valence-corrected chi connectivity index (χ2v) is 8.44. The number of fused-ring (bicyclic) bond motifs is 1. The number of nitrogens with zero attached hydrogens (tertiary/aromatic N) is 3. The fourth-order valence-corrected chi connectivity index (χ4v) is 4.65. The van der Waals surface area contributed by atoms with Crippen LogP contribution in [0.25, 0.3) is 10.2 Å². The number of carbonyl (C=O) groups excluding carboxylic acids is 1. The molecule has 2 heterocycles. The molecular formula is C24H29N3O4S. The van der Waals surface area contributed by atoms with Crippen LogP contribution in [-0.2, 0) is 4.74 Å². The number of anilines is 1. The lowest BCUT2D eigenvalue weighted by molar-refractivity contribution is 0.0391. The molecule has 0 bridgehead atoms. The molecule has 1 amide bonds. The molecule has 1 aliphatic rings. The second-order valence-electron chi connectivity index (χ2n) is 7.43. The fourth-order valence-electron chi connectivity index (χ4n) is 3.63. The Labute approximate surface area is 192 Å². The minimum atomic E-state index is -0.0644. The number of carbonyl (C=O) groups is 1. The molecule has 0 unspecified atom stereocenters. The molecule has 0 saturated carbocycles. The first-order valence-corrected chi connectivity index (χ1v) is 11.9. The van der Waals surface area contributed by atoms with Crippen molar-refractivity contribution in [2.45, 2.75) is 13.8 Å². The standard InChI is InChI=1S/C24H29N3O4S/c1-3-30-19-7-5-18(6-8-19)23(28)27(12-11-26-13-15-29-16-14-26)24-25-21-10-9-20(31-4-2)17-22(21)32-24/h5-10,17H,3-4,11-16H2,1-2H3. The van der Waals surface area contributed by atoms with Crippen LogP contribution in [-0.4, -0.2) is 68.4 Å². The van der Waals surface area contributed by atoms with E-state index in [-0.39, 0.29) is 5.91 Å². The van der Waals surface area contributed by atoms with E-state index in [9.17, 15) is 4.79 Å². The molecule has 0 radical (unpaired) electrons. The summed E-state index contributed by atoms with van der Waals surface area (Å²) in [5, 5.41) is 0.695. The maximum absolute atomic E-state index is 13.5. The van der Waals surface area contributed by atoms with Gasteiger partial charge < -0.3 is 14.2 Å². The molecule has 170 valence electrons. The smallest absolute Gasteiger partial charge is 0.260 e. The third-order valence-electron chi connectivity index (χ3n) is 5.29. The first kappa shape index (κ1) is 22.5. The third kappa shape index (κ3) is 5.38. The second kappa shape index (κ2) is 10.8. The molecular weight excluding hydrogens is 426 g/mol. The van der Waals surface area contributed by atoms with Crippen LogP contribution < -0.4 is 14.4 Å². The van der Waals surface area contributed by atoms with Crippen molar-refractivity contribution in [2.75, 3.05) is 57.5 Å². The first-order valence-electron chi connectivity index (χ1n) is 11.1. The van der Waals surface area contributed by atoms with Crippen LogP contribution >= 0.6 is 11.3 Å². The Morgan fingerprint density at radius 1 is 1.06 bits per heavy atom. The highest BCUT2D eigenvalue weighted by Gasteiger charge is 2.23. The first-order chi connectivity index (χ1) is 15.7. The molecule has 32 heavy (non-hydrogen) atoms. The lowest BCUT2D eigenvalue weighted by Gasteiger charge is -2.29. The van der Waals surface area contributed by atoms with Crippen molar-refractivity contribution in [3.05, 3.63) is 48.0 Å². The average Bonchev–Trinajstić information content (AvgIpc) is 3.24. The van der Waals surface area contributed by atoms with E-state index in [0.717, 1.165) is 54.6 Å². The number of aromatic nitrogens is 1. The van der Waals surface area contributed by atoms with Crippen molar-refractivity contribution in [1.29, 1.82) is 0 Å². The molecule has 3 aromatic rings. The van der Waals surface area contributed by atoms with E-state index in [1.807, 2.05) is 56.3 Å². The van der Waals surface area contributed by atoms with Crippen LogP contribution in [0.2, 0.25) is 0 Å². The highest BCUT2D eigenvalue weighted by Crippen LogP contribution is 2.32. The molecule has 0 spiro atoms. The van der Waals surface area contributed by atoms with Gasteiger partial charge in [0.2, 0.25) is 0 Å². The lowest BCUT2D eigenvalue weighted by atomic mass is 10.2. The monoisotopic (exact) mass is 455 g/mol. The topological polar surface area (TPSA) is 64.1 Å². The van der Waals surface area contributed by atoms with Crippen LogP contribution in [0.3, 0.4) is 0 Å². The molecule has 1 fully saturated rings. The summed E-state index contributed by atoms with van der Waals surface area (Å²) in [6.45, 7) is 9.65. The summed E-state index contributed by atoms with van der Waals surface area (Å²) in [6, 6.07) is 13.2. The number of hydrogen-bond donors (Lipinski definition) is 0. The van der Waals surface area contributed by atoms with Crippen LogP contribution in [0.1, 0.15) is 24.2 Å². The zero-order valence-corrected chi connectivity index (χ0v) is 19.4. The van der Waals surface area contributed by atoms with Crippen molar-refractivity contribution in [3.8, 4) is 11.5 Å². The van der Waals surface area contributed by atoms with Crippen molar-refractivity contribution in [2.24, 2.45) is 0 Å². The summed E-state index contributed by atoms with van der Waals surface area (Å²) in [6.07, 6.45) is 0. The molecule has 1 aromatic heterocycles. The maximum atomic E-state index is 13.5. The van der Waals surface area contributed by atoms with Crippen LogP contribution in [0.5, 0.6) is 11.5 Å². The van der Waals surface area contributed by atoms with Gasteiger partial charge in [-0.25, -0.2) is 4.98 Å². The predicted octanol–water partition coefficient (Wildman–Crippen LogP) is 4.07. The van der Waals surface area contributed by atoms with Gasteiger partial charge in [0.1, 0.15) is 11.5 Å². The molecule has 0 N–H and O–H groups in total. The van der Waals surface area contributed by atoms with Crippen molar-refractivity contribution < 1.29 is 19.0 Å². The van der Waals surface area contributed by atoms with Gasteiger partial charge in [0.25, 0.3) is 5.91 Å². The number of amides is 1. The van der Waals surface area contributed by atoms with E-state index >= 15 is 0 Å². The molecule has 8 heteroatoms. The van der Waals surface area contributed by atoms with E-state index < -0.39 is 0 Å². The summed E-state index contributed by atoms with van der Waals surface area (Å²) in [4.78, 5) is 22.4. The third-order valence-corrected chi connectivity index (χ3v) is 6.33. The summed E-state index contributed by atoms with van der Waals surface area (Å²) in [7, 11) is 0. The molecule has 0 atom stereocenters. The average molecular weight is 456 g/mol. The Bertz CT molecular complexity index is 1030. The van der Waals surface area contributed by atoms with Gasteiger partial charge >= 0.3 is 0 Å². The van der Waals surface area contributed by atoms with Gasteiger partial charge in [-0.05, 0) is 56.3 Å². The Kier molecular flexibility index (Phi) is 7.57. The number of thiazole rings is 1. The van der Waals surface area contributed by atoms with Gasteiger partial charge in [-0.15, -0.1) is 0 Å². The normalized spacial score (nSPS) is 14.4. The van der Waals surface area contributed by atoms with E-state index in [2.05, 4.69) is 4.90 Å². The minimum absolute atomic E-state index is 0.0644. The molecule has 0 aliphatic carbocycles. The number of benzene rings is 2. The van der Waals surface area contributed by atoms with Crippen LogP contribution in [0.4, 0.5) is 5.13 Å². The Morgan fingerprint density at radius 2 is 1.75 bits per heavy atom. The van der Waals surface area contributed by atoms with E-state index in [4.69, 9.17) is 19.2 Å². The SMILES string of the molecule is CCOc1ccc(C(=O)N(CCN2CCOCC2)c2nc3ccc(OCC)cc3s2)cc1. The van der Waals surface area contributed by atoms with Crippen LogP contribution in [0, 0.1) is 0 Å². The van der Waals surface area contributed by atoms with E-state index in [1.54, 1.807) is 4.90 Å². The molecule has 1 aliphatic heterocycles. The predicted molar refractivity (Wildman–Crippen MR) is 127 cm³/mol. The maximum Gasteiger partial charge on any atom is 0.260 e. The summed E-state index contributed by atoms with van der Waals surface area (Å²) >= 11 is 1.51. The zero-order valence-electron chi connectivity index (χ0n) is 18.6. The summed E-state index contributed by atoms with van der Waals surface area (Å²) < 4.78 is 17.6. The fraction of sp³-hybridized carbons (Fsp3) is 0.417. The van der Waals surface area contributed by atoms with Crippen LogP contribution in [0.15, 0.2) is 42.5 Å². The molecule has 1 saturated heterocycles. The number of morpholine rings is 1. The van der Waals surface area contributed by atoms with Gasteiger partial charge in [0.05, 0.1) is 36.6 Å². The Morgan fingerprint density at radius 3 is 2.47 bits per heavy atom. The van der Waals surface area contributed by atoms with E-state index in [1.165, 1.54) is 11.3 Å². The van der Waals surface area contributed by atoms with Crippen molar-refractivity contribution in [1.82, 2.24) is 9.88 Å². The lowest BCUT2D eigenvalue weighted by Crippen LogP contribution is -2.43. The zero-order chi connectivity index (χ0) is 22.3. The van der Waals surface area contributed by atoms with E-state index in [0.29, 0.717) is 30.5 Å².